The molecular weight excluding hydrogens is 339 g/mol. The Balaban J connectivity index is 2.22. The van der Waals surface area contributed by atoms with Gasteiger partial charge in [0, 0.05) is 30.1 Å². The predicted octanol–water partition coefficient (Wildman–Crippen LogP) is 5.61. The van der Waals surface area contributed by atoms with Crippen LogP contribution in [0.1, 0.15) is 18.9 Å². The molecule has 0 radical (unpaired) electrons. The molecule has 0 aliphatic heterocycles. The van der Waals surface area contributed by atoms with Gasteiger partial charge in [-0.2, -0.15) is 13.2 Å². The molecule has 0 fully saturated rings. The predicted molar refractivity (Wildman–Crippen MR) is 96.9 cm³/mol. The van der Waals surface area contributed by atoms with Crippen molar-refractivity contribution in [2.75, 3.05) is 0 Å². The average Bonchev–Trinajstić information content (AvgIpc) is 2.63. The second-order valence-electron chi connectivity index (χ2n) is 6.10. The van der Waals surface area contributed by atoms with Crippen LogP contribution in [0, 0.1) is 0 Å². The van der Waals surface area contributed by atoms with Crippen LogP contribution in [-0.4, -0.2) is 4.57 Å². The molecule has 0 spiro atoms. The molecule has 1 heterocycles. The van der Waals surface area contributed by atoms with E-state index in [0.717, 1.165) is 24.1 Å². The van der Waals surface area contributed by atoms with Crippen molar-refractivity contribution >= 4 is 0 Å². The molecule has 0 saturated carbocycles. The minimum atomic E-state index is -4.45. The molecule has 0 unspecified atom stereocenters. The third kappa shape index (κ3) is 3.72. The summed E-state index contributed by atoms with van der Waals surface area (Å²) in [6, 6.07) is 14.1. The number of alkyl halides is 3. The lowest BCUT2D eigenvalue weighted by Gasteiger charge is -2.13. The van der Waals surface area contributed by atoms with Crippen molar-refractivity contribution in [2.45, 2.75) is 26.1 Å². The number of hydrogen-bond donors (Lipinski definition) is 0. The molecule has 2 nitrogen and oxygen atoms in total. The summed E-state index contributed by atoms with van der Waals surface area (Å²) in [5.74, 6) is 0. The Hall–Kier alpha value is -2.82. The van der Waals surface area contributed by atoms with Crippen molar-refractivity contribution in [3.8, 4) is 22.3 Å². The molecule has 3 aromatic rings. The number of aryl methyl sites for hydroxylation is 1. The van der Waals surface area contributed by atoms with Gasteiger partial charge in [-0.05, 0) is 29.7 Å². The van der Waals surface area contributed by atoms with Crippen LogP contribution in [0.15, 0.2) is 71.8 Å². The molecule has 0 N–H and O–H groups in total. The van der Waals surface area contributed by atoms with Crippen LogP contribution in [0.25, 0.3) is 22.3 Å². The quantitative estimate of drug-likeness (QED) is 0.595. The highest BCUT2D eigenvalue weighted by Crippen LogP contribution is 2.32. The molecule has 0 bridgehead atoms. The van der Waals surface area contributed by atoms with Crippen molar-refractivity contribution in [1.29, 1.82) is 0 Å². The summed E-state index contributed by atoms with van der Waals surface area (Å²) >= 11 is 0. The fourth-order valence-electron chi connectivity index (χ4n) is 2.91. The van der Waals surface area contributed by atoms with Crippen molar-refractivity contribution in [2.24, 2.45) is 0 Å². The molecule has 2 aromatic carbocycles. The number of nitrogens with zero attached hydrogens (tertiary/aromatic N) is 1. The number of pyridine rings is 1. The zero-order chi connectivity index (χ0) is 18.7. The maximum Gasteiger partial charge on any atom is 0.416 e. The van der Waals surface area contributed by atoms with E-state index in [-0.39, 0.29) is 16.6 Å². The van der Waals surface area contributed by atoms with E-state index in [1.165, 1.54) is 12.1 Å². The van der Waals surface area contributed by atoms with Gasteiger partial charge in [0.2, 0.25) is 0 Å². The molecule has 1 aromatic heterocycles. The number of hydrogen-bond acceptors (Lipinski definition) is 1. The highest BCUT2D eigenvalue weighted by molar-refractivity contribution is 5.72. The Morgan fingerprint density at radius 1 is 0.885 bits per heavy atom. The number of aromatic nitrogens is 1. The van der Waals surface area contributed by atoms with Crippen molar-refractivity contribution in [3.63, 3.8) is 0 Å². The first kappa shape index (κ1) is 18.0. The van der Waals surface area contributed by atoms with Gasteiger partial charge >= 0.3 is 6.18 Å². The van der Waals surface area contributed by atoms with E-state index in [1.807, 2.05) is 41.8 Å². The smallest absolute Gasteiger partial charge is 0.353 e. The molecular formula is C21H18F3NO. The number of benzene rings is 2. The lowest BCUT2D eigenvalue weighted by atomic mass is 9.99. The monoisotopic (exact) mass is 357 g/mol. The molecule has 134 valence electrons. The second kappa shape index (κ2) is 7.20. The SMILES string of the molecule is CCCn1cc(-c2ccccc2)c(=O)c(-c2cccc(C(F)(F)F)c2)c1. The van der Waals surface area contributed by atoms with Crippen LogP contribution in [0.5, 0.6) is 0 Å². The van der Waals surface area contributed by atoms with Gasteiger partial charge in [0.15, 0.2) is 5.43 Å². The summed E-state index contributed by atoms with van der Waals surface area (Å²) in [5, 5.41) is 0. The van der Waals surface area contributed by atoms with Gasteiger partial charge in [-0.15, -0.1) is 0 Å². The summed E-state index contributed by atoms with van der Waals surface area (Å²) in [6.07, 6.45) is -0.208. The summed E-state index contributed by atoms with van der Waals surface area (Å²) < 4.78 is 41.0. The average molecular weight is 357 g/mol. The van der Waals surface area contributed by atoms with E-state index in [2.05, 4.69) is 0 Å². The van der Waals surface area contributed by atoms with Gasteiger partial charge in [-0.25, -0.2) is 0 Å². The Bertz CT molecular complexity index is 959. The van der Waals surface area contributed by atoms with Gasteiger partial charge in [0.25, 0.3) is 0 Å². The first-order valence-corrected chi connectivity index (χ1v) is 8.37. The zero-order valence-electron chi connectivity index (χ0n) is 14.3. The minimum absolute atomic E-state index is 0.269. The Morgan fingerprint density at radius 2 is 1.50 bits per heavy atom. The fourth-order valence-corrected chi connectivity index (χ4v) is 2.91. The molecule has 0 aliphatic rings. The zero-order valence-corrected chi connectivity index (χ0v) is 14.3. The van der Waals surface area contributed by atoms with Gasteiger partial charge in [0.1, 0.15) is 0 Å². The topological polar surface area (TPSA) is 22.0 Å². The Kier molecular flexibility index (Phi) is 4.98. The normalized spacial score (nSPS) is 11.5. The Labute approximate surface area is 149 Å². The summed E-state index contributed by atoms with van der Waals surface area (Å²) in [6.45, 7) is 2.68. The summed E-state index contributed by atoms with van der Waals surface area (Å²) in [4.78, 5) is 13.0. The van der Waals surface area contributed by atoms with Crippen molar-refractivity contribution in [3.05, 3.63) is 82.8 Å². The maximum absolute atomic E-state index is 13.0. The molecule has 0 aliphatic carbocycles. The first-order chi connectivity index (χ1) is 12.4. The van der Waals surface area contributed by atoms with E-state index >= 15 is 0 Å². The van der Waals surface area contributed by atoms with Gasteiger partial charge < -0.3 is 4.57 Å². The third-order valence-corrected chi connectivity index (χ3v) is 4.15. The van der Waals surface area contributed by atoms with Crippen LogP contribution in [0.4, 0.5) is 13.2 Å². The fraction of sp³-hybridized carbons (Fsp3) is 0.190. The van der Waals surface area contributed by atoms with E-state index in [9.17, 15) is 18.0 Å². The third-order valence-electron chi connectivity index (χ3n) is 4.15. The second-order valence-corrected chi connectivity index (χ2v) is 6.10. The summed E-state index contributed by atoms with van der Waals surface area (Å²) in [5.41, 5.74) is 0.730. The maximum atomic E-state index is 13.0. The largest absolute Gasteiger partial charge is 0.416 e. The van der Waals surface area contributed by atoms with Crippen molar-refractivity contribution < 1.29 is 13.2 Å². The van der Waals surface area contributed by atoms with Crippen LogP contribution >= 0.6 is 0 Å². The van der Waals surface area contributed by atoms with Gasteiger partial charge in [-0.1, -0.05) is 49.4 Å². The minimum Gasteiger partial charge on any atom is -0.353 e. The van der Waals surface area contributed by atoms with Crippen LogP contribution in [-0.2, 0) is 12.7 Å². The van der Waals surface area contributed by atoms with E-state index < -0.39 is 11.7 Å². The molecule has 0 atom stereocenters. The number of rotatable bonds is 4. The standard InChI is InChI=1S/C21H18F3NO/c1-2-11-25-13-18(15-7-4-3-5-8-15)20(26)19(14-25)16-9-6-10-17(12-16)21(22,23)24/h3-10,12-14H,2,11H2,1H3. The molecule has 5 heteroatoms. The molecule has 26 heavy (non-hydrogen) atoms. The van der Waals surface area contributed by atoms with E-state index in [0.29, 0.717) is 12.1 Å². The highest BCUT2D eigenvalue weighted by Gasteiger charge is 2.30. The van der Waals surface area contributed by atoms with Crippen molar-refractivity contribution in [1.82, 2.24) is 4.57 Å². The summed E-state index contributed by atoms with van der Waals surface area (Å²) in [7, 11) is 0. The van der Waals surface area contributed by atoms with Crippen LogP contribution < -0.4 is 5.43 Å². The van der Waals surface area contributed by atoms with Gasteiger partial charge in [0.05, 0.1) is 5.56 Å². The molecule has 3 rings (SSSR count). The first-order valence-electron chi connectivity index (χ1n) is 8.37. The Morgan fingerprint density at radius 3 is 2.12 bits per heavy atom. The lowest BCUT2D eigenvalue weighted by Crippen LogP contribution is -2.14. The number of halogens is 3. The van der Waals surface area contributed by atoms with Crippen LogP contribution in [0.2, 0.25) is 0 Å². The van der Waals surface area contributed by atoms with Crippen LogP contribution in [0.3, 0.4) is 0 Å². The highest BCUT2D eigenvalue weighted by atomic mass is 19.4. The van der Waals surface area contributed by atoms with E-state index in [4.69, 9.17) is 0 Å². The lowest BCUT2D eigenvalue weighted by molar-refractivity contribution is -0.137. The molecule has 0 saturated heterocycles. The van der Waals surface area contributed by atoms with E-state index in [1.54, 1.807) is 12.4 Å². The molecule has 0 amide bonds. The van der Waals surface area contributed by atoms with Gasteiger partial charge in [-0.3, -0.25) is 4.79 Å².